The Morgan fingerprint density at radius 3 is 2.42 bits per heavy atom. The van der Waals surface area contributed by atoms with Gasteiger partial charge in [-0.25, -0.2) is 0 Å². The van der Waals surface area contributed by atoms with Crippen LogP contribution in [-0.4, -0.2) is 22.1 Å². The van der Waals surface area contributed by atoms with Gasteiger partial charge in [-0.15, -0.1) is 0 Å². The zero-order valence-electron chi connectivity index (χ0n) is 15.3. The average molecular weight is 348 g/mol. The van der Waals surface area contributed by atoms with Crippen molar-refractivity contribution in [1.29, 1.82) is 0 Å². The molecule has 4 nitrogen and oxygen atoms in total. The van der Waals surface area contributed by atoms with E-state index in [-0.39, 0.29) is 11.5 Å². The van der Waals surface area contributed by atoms with Gasteiger partial charge in [0.2, 0.25) is 0 Å². The molecule has 0 saturated carbocycles. The molecule has 2 aromatic carbocycles. The van der Waals surface area contributed by atoms with E-state index in [4.69, 9.17) is 0 Å². The highest BCUT2D eigenvalue weighted by Crippen LogP contribution is 2.35. The van der Waals surface area contributed by atoms with Crippen LogP contribution >= 0.6 is 0 Å². The summed E-state index contributed by atoms with van der Waals surface area (Å²) in [6.45, 7) is 6.57. The van der Waals surface area contributed by atoms with Gasteiger partial charge in [-0.1, -0.05) is 63.2 Å². The minimum atomic E-state index is -0.808. The molecule has 3 aromatic rings. The number of aliphatic carboxylic acids is 1. The van der Waals surface area contributed by atoms with E-state index < -0.39 is 12.0 Å². The van der Waals surface area contributed by atoms with E-state index in [1.165, 1.54) is 5.56 Å². The maximum atomic E-state index is 11.7. The normalized spacial score (nSPS) is 20.1. The molecule has 0 radical (unpaired) electrons. The van der Waals surface area contributed by atoms with E-state index in [1.807, 2.05) is 18.2 Å². The maximum Gasteiger partial charge on any atom is 0.321 e. The standard InChI is InChI=1S/C22H24N2O2/c1-22(2,3)14-10-8-13(9-11-14)19-20-16(12-18(24-19)21(25)26)15-6-4-5-7-17(15)23-20/h4-11,18-19,23-24H,12H2,1-3H3,(H,25,26). The number of hydrogen-bond donors (Lipinski definition) is 3. The second-order valence-electron chi connectivity index (χ2n) is 8.13. The monoisotopic (exact) mass is 348 g/mol. The lowest BCUT2D eigenvalue weighted by molar-refractivity contribution is -0.139. The van der Waals surface area contributed by atoms with Gasteiger partial charge in [0, 0.05) is 23.0 Å². The number of fused-ring (bicyclic) bond motifs is 3. The van der Waals surface area contributed by atoms with Crippen LogP contribution < -0.4 is 5.32 Å². The third kappa shape index (κ3) is 2.80. The Kier molecular flexibility index (Phi) is 3.88. The highest BCUT2D eigenvalue weighted by Gasteiger charge is 2.33. The van der Waals surface area contributed by atoms with Crippen molar-refractivity contribution in [3.8, 4) is 0 Å². The zero-order chi connectivity index (χ0) is 18.5. The molecule has 26 heavy (non-hydrogen) atoms. The molecule has 1 aromatic heterocycles. The first-order valence-electron chi connectivity index (χ1n) is 9.03. The molecule has 2 atom stereocenters. The van der Waals surface area contributed by atoms with Gasteiger partial charge in [-0.2, -0.15) is 0 Å². The number of hydrogen-bond acceptors (Lipinski definition) is 2. The van der Waals surface area contributed by atoms with Gasteiger partial charge in [-0.3, -0.25) is 10.1 Å². The van der Waals surface area contributed by atoms with Gasteiger partial charge >= 0.3 is 5.97 Å². The van der Waals surface area contributed by atoms with Gasteiger partial charge in [0.1, 0.15) is 6.04 Å². The van der Waals surface area contributed by atoms with Crippen LogP contribution in [0.25, 0.3) is 10.9 Å². The summed E-state index contributed by atoms with van der Waals surface area (Å²) in [5.74, 6) is -0.808. The molecule has 134 valence electrons. The molecular formula is C22H24N2O2. The van der Waals surface area contributed by atoms with Gasteiger partial charge in [0.25, 0.3) is 0 Å². The molecule has 0 spiro atoms. The number of carboxylic acid groups (broad SMARTS) is 1. The van der Waals surface area contributed by atoms with Crippen LogP contribution in [0.2, 0.25) is 0 Å². The topological polar surface area (TPSA) is 65.1 Å². The first-order valence-corrected chi connectivity index (χ1v) is 9.03. The van der Waals surface area contributed by atoms with Gasteiger partial charge in [-0.05, 0) is 28.2 Å². The van der Waals surface area contributed by atoms with Crippen LogP contribution in [0.3, 0.4) is 0 Å². The minimum Gasteiger partial charge on any atom is -0.480 e. The first kappa shape index (κ1) is 16.9. The molecule has 0 bridgehead atoms. The van der Waals surface area contributed by atoms with Crippen molar-refractivity contribution in [2.24, 2.45) is 0 Å². The summed E-state index contributed by atoms with van der Waals surface area (Å²) < 4.78 is 0. The van der Waals surface area contributed by atoms with Gasteiger partial charge < -0.3 is 10.1 Å². The average Bonchev–Trinajstić information content (AvgIpc) is 2.99. The molecule has 0 amide bonds. The highest BCUT2D eigenvalue weighted by molar-refractivity contribution is 5.87. The van der Waals surface area contributed by atoms with Crippen LogP contribution in [-0.2, 0) is 16.6 Å². The number of para-hydroxylation sites is 1. The molecule has 2 unspecified atom stereocenters. The van der Waals surface area contributed by atoms with Gasteiger partial charge in [0.15, 0.2) is 0 Å². The summed E-state index contributed by atoms with van der Waals surface area (Å²) in [7, 11) is 0. The Morgan fingerprint density at radius 2 is 1.77 bits per heavy atom. The highest BCUT2D eigenvalue weighted by atomic mass is 16.4. The van der Waals surface area contributed by atoms with E-state index >= 15 is 0 Å². The second kappa shape index (κ2) is 5.99. The predicted molar refractivity (Wildman–Crippen MR) is 104 cm³/mol. The third-order valence-corrected chi connectivity index (χ3v) is 5.32. The van der Waals surface area contributed by atoms with Crippen LogP contribution in [0.1, 0.15) is 49.2 Å². The molecular weight excluding hydrogens is 324 g/mol. The molecule has 1 aliphatic heterocycles. The van der Waals surface area contributed by atoms with Crippen molar-refractivity contribution in [3.05, 3.63) is 70.9 Å². The Hall–Kier alpha value is -2.59. The van der Waals surface area contributed by atoms with Crippen LogP contribution in [0.4, 0.5) is 0 Å². The van der Waals surface area contributed by atoms with Crippen molar-refractivity contribution < 1.29 is 9.90 Å². The second-order valence-corrected chi connectivity index (χ2v) is 8.13. The van der Waals surface area contributed by atoms with E-state index in [0.29, 0.717) is 6.42 Å². The summed E-state index contributed by atoms with van der Waals surface area (Å²) in [6, 6.07) is 15.9. The van der Waals surface area contributed by atoms with E-state index in [2.05, 4.69) is 61.4 Å². The lowest BCUT2D eigenvalue weighted by Gasteiger charge is -2.30. The largest absolute Gasteiger partial charge is 0.480 e. The molecule has 0 aliphatic carbocycles. The number of carboxylic acids is 1. The molecule has 0 fully saturated rings. The molecule has 3 N–H and O–H groups in total. The fourth-order valence-corrected chi connectivity index (χ4v) is 3.83. The molecule has 0 saturated heterocycles. The number of carbonyl (C=O) groups is 1. The summed E-state index contributed by atoms with van der Waals surface area (Å²) in [6.07, 6.45) is 0.491. The van der Waals surface area contributed by atoms with Gasteiger partial charge in [0.05, 0.1) is 6.04 Å². The van der Waals surface area contributed by atoms with Crippen LogP contribution in [0.15, 0.2) is 48.5 Å². The summed E-state index contributed by atoms with van der Waals surface area (Å²) in [5.41, 5.74) is 5.68. The van der Waals surface area contributed by atoms with Crippen molar-refractivity contribution in [2.75, 3.05) is 0 Å². The Bertz CT molecular complexity index is 964. The maximum absolute atomic E-state index is 11.7. The summed E-state index contributed by atoms with van der Waals surface area (Å²) in [5, 5.41) is 14.0. The van der Waals surface area contributed by atoms with Crippen LogP contribution in [0.5, 0.6) is 0 Å². The number of aromatic amines is 1. The van der Waals surface area contributed by atoms with Crippen molar-refractivity contribution >= 4 is 16.9 Å². The van der Waals surface area contributed by atoms with Crippen LogP contribution in [0, 0.1) is 0 Å². The van der Waals surface area contributed by atoms with Crippen molar-refractivity contribution in [3.63, 3.8) is 0 Å². The van der Waals surface area contributed by atoms with E-state index in [0.717, 1.165) is 27.7 Å². The summed E-state index contributed by atoms with van der Waals surface area (Å²) in [4.78, 5) is 15.2. The Balaban J connectivity index is 1.82. The zero-order valence-corrected chi connectivity index (χ0v) is 15.3. The Morgan fingerprint density at radius 1 is 1.08 bits per heavy atom. The predicted octanol–water partition coefficient (Wildman–Crippen LogP) is 4.15. The molecule has 4 heteroatoms. The third-order valence-electron chi connectivity index (χ3n) is 5.32. The fourth-order valence-electron chi connectivity index (χ4n) is 3.83. The fraction of sp³-hybridized carbons (Fsp3) is 0.318. The molecule has 2 heterocycles. The number of nitrogens with one attached hydrogen (secondary N) is 2. The first-order chi connectivity index (χ1) is 12.3. The number of aromatic nitrogens is 1. The SMILES string of the molecule is CC(C)(C)c1ccc(C2NC(C(=O)O)Cc3c2[nH]c2ccccc32)cc1. The number of H-pyrrole nitrogens is 1. The summed E-state index contributed by atoms with van der Waals surface area (Å²) >= 11 is 0. The van der Waals surface area contributed by atoms with Crippen molar-refractivity contribution in [1.82, 2.24) is 10.3 Å². The minimum absolute atomic E-state index is 0.0917. The van der Waals surface area contributed by atoms with E-state index in [1.54, 1.807) is 0 Å². The smallest absolute Gasteiger partial charge is 0.321 e. The quantitative estimate of drug-likeness (QED) is 0.652. The van der Waals surface area contributed by atoms with E-state index in [9.17, 15) is 9.90 Å². The molecule has 1 aliphatic rings. The lowest BCUT2D eigenvalue weighted by atomic mass is 9.85. The Labute approximate surface area is 153 Å². The number of benzene rings is 2. The van der Waals surface area contributed by atoms with Crippen molar-refractivity contribution in [2.45, 2.75) is 44.7 Å². The molecule has 4 rings (SSSR count). The lowest BCUT2D eigenvalue weighted by Crippen LogP contribution is -2.44. The number of rotatable bonds is 2.